The molecule has 9 nitrogen and oxygen atoms in total. The molecule has 9 heteroatoms. The lowest BCUT2D eigenvalue weighted by Gasteiger charge is -2.15. The molecule has 1 saturated heterocycles. The summed E-state index contributed by atoms with van der Waals surface area (Å²) in [7, 11) is 0. The van der Waals surface area contributed by atoms with Crippen LogP contribution >= 0.6 is 0 Å². The number of aryl methyl sites for hydroxylation is 2. The minimum absolute atomic E-state index is 0.112. The molecule has 0 saturated carbocycles. The molecular weight excluding hydrogens is 438 g/mol. The number of nitrogens with zero attached hydrogens (tertiary/aromatic N) is 2. The smallest absolute Gasteiger partial charge is 0.418 e. The number of unbranched alkanes of at least 4 members (excludes halogenated alkanes) is 1. The van der Waals surface area contributed by atoms with Gasteiger partial charge >= 0.3 is 11.9 Å². The van der Waals surface area contributed by atoms with Gasteiger partial charge in [-0.2, -0.15) is 5.10 Å². The standard InChI is InChI=1S/C25H33N3O6/c1-3-5-15-32-16-18-10-8-12-21(34-25(31)24(30)33-18)20(29)13-14-22-26-23(28-27-22)19-11-7-6-9-17(19)4-2/h6-7,9,11,18,21H,3-5,8,10,12-16H2,1-2H3,(H,26,27,28)/t18-,21?/m0/s1. The number of carbonyl (C=O) groups is 3. The first-order valence-electron chi connectivity index (χ1n) is 12.0. The molecule has 1 aromatic heterocycles. The second kappa shape index (κ2) is 13.0. The Morgan fingerprint density at radius 3 is 2.74 bits per heavy atom. The van der Waals surface area contributed by atoms with Gasteiger partial charge in [0.15, 0.2) is 17.7 Å². The van der Waals surface area contributed by atoms with E-state index in [4.69, 9.17) is 14.2 Å². The van der Waals surface area contributed by atoms with Crippen LogP contribution in [-0.2, 0) is 41.4 Å². The van der Waals surface area contributed by atoms with Crippen molar-refractivity contribution in [3.05, 3.63) is 35.7 Å². The lowest BCUT2D eigenvalue weighted by molar-refractivity contribution is -0.175. The van der Waals surface area contributed by atoms with Crippen molar-refractivity contribution in [2.75, 3.05) is 13.2 Å². The van der Waals surface area contributed by atoms with Crippen LogP contribution in [0.15, 0.2) is 24.3 Å². The first kappa shape index (κ1) is 25.6. The first-order chi connectivity index (χ1) is 16.5. The Labute approximate surface area is 199 Å². The molecule has 2 aromatic rings. The van der Waals surface area contributed by atoms with Crippen molar-refractivity contribution in [3.8, 4) is 11.4 Å². The Morgan fingerprint density at radius 2 is 1.94 bits per heavy atom. The fraction of sp³-hybridized carbons (Fsp3) is 0.560. The van der Waals surface area contributed by atoms with E-state index in [9.17, 15) is 14.4 Å². The molecule has 1 aliphatic heterocycles. The van der Waals surface area contributed by atoms with E-state index in [2.05, 4.69) is 29.0 Å². The lowest BCUT2D eigenvalue weighted by Crippen LogP contribution is -2.32. The molecule has 1 fully saturated rings. The molecule has 0 aliphatic carbocycles. The van der Waals surface area contributed by atoms with Gasteiger partial charge in [0.1, 0.15) is 11.9 Å². The van der Waals surface area contributed by atoms with Crippen molar-refractivity contribution in [1.82, 2.24) is 15.2 Å². The molecule has 1 N–H and O–H groups in total. The molecule has 1 aromatic carbocycles. The largest absolute Gasteiger partial charge is 0.452 e. The Bertz CT molecular complexity index is 973. The number of aromatic amines is 1. The summed E-state index contributed by atoms with van der Waals surface area (Å²) in [4.78, 5) is 41.5. The summed E-state index contributed by atoms with van der Waals surface area (Å²) in [6, 6.07) is 7.92. The van der Waals surface area contributed by atoms with Crippen LogP contribution in [0.4, 0.5) is 0 Å². The van der Waals surface area contributed by atoms with Gasteiger partial charge in [-0.05, 0) is 37.7 Å². The summed E-state index contributed by atoms with van der Waals surface area (Å²) in [5, 5.41) is 7.17. The van der Waals surface area contributed by atoms with E-state index in [0.717, 1.165) is 30.4 Å². The number of H-pyrrole nitrogens is 1. The zero-order valence-electron chi connectivity index (χ0n) is 19.9. The number of ether oxygens (including phenoxy) is 3. The average Bonchev–Trinajstić information content (AvgIpc) is 3.34. The quantitative estimate of drug-likeness (QED) is 0.301. The minimum Gasteiger partial charge on any atom is -0.452 e. The van der Waals surface area contributed by atoms with Crippen molar-refractivity contribution in [1.29, 1.82) is 0 Å². The molecular formula is C25H33N3O6. The van der Waals surface area contributed by atoms with E-state index in [0.29, 0.717) is 43.9 Å². The monoisotopic (exact) mass is 471 g/mol. The SMILES string of the molecule is CCCCOC[C@@H]1CCCC(C(=O)CCc2nc(-c3ccccc3CC)n[nH]2)OC(=O)C(=O)O1. The zero-order valence-corrected chi connectivity index (χ0v) is 19.9. The van der Waals surface area contributed by atoms with E-state index in [1.54, 1.807) is 0 Å². The van der Waals surface area contributed by atoms with Crippen LogP contribution < -0.4 is 0 Å². The maximum atomic E-state index is 12.8. The molecule has 0 spiro atoms. The van der Waals surface area contributed by atoms with Gasteiger partial charge in [0, 0.05) is 25.0 Å². The topological polar surface area (TPSA) is 120 Å². The number of esters is 2. The average molecular weight is 472 g/mol. The van der Waals surface area contributed by atoms with Gasteiger partial charge in [-0.15, -0.1) is 0 Å². The molecule has 3 rings (SSSR count). The third kappa shape index (κ3) is 7.21. The number of cyclic esters (lactones) is 2. The molecule has 1 aliphatic rings. The lowest BCUT2D eigenvalue weighted by atomic mass is 10.0. The fourth-order valence-electron chi connectivity index (χ4n) is 3.81. The second-order valence-electron chi connectivity index (χ2n) is 8.36. The van der Waals surface area contributed by atoms with Crippen molar-refractivity contribution < 1.29 is 28.6 Å². The van der Waals surface area contributed by atoms with Crippen LogP contribution in [0.5, 0.6) is 0 Å². The number of nitrogens with one attached hydrogen (secondary N) is 1. The number of rotatable bonds is 11. The van der Waals surface area contributed by atoms with E-state index >= 15 is 0 Å². The number of benzene rings is 1. The number of hydrogen-bond donors (Lipinski definition) is 1. The van der Waals surface area contributed by atoms with Crippen LogP contribution in [0, 0.1) is 0 Å². The van der Waals surface area contributed by atoms with Crippen molar-refractivity contribution in [3.63, 3.8) is 0 Å². The highest BCUT2D eigenvalue weighted by Crippen LogP contribution is 2.21. The molecule has 2 atom stereocenters. The summed E-state index contributed by atoms with van der Waals surface area (Å²) < 4.78 is 15.9. The van der Waals surface area contributed by atoms with Gasteiger partial charge in [-0.25, -0.2) is 14.6 Å². The normalized spacial score (nSPS) is 19.0. The molecule has 0 amide bonds. The van der Waals surface area contributed by atoms with E-state index in [1.807, 2.05) is 24.3 Å². The molecule has 184 valence electrons. The Kier molecular flexibility index (Phi) is 9.75. The third-order valence-corrected chi connectivity index (χ3v) is 5.77. The first-order valence-corrected chi connectivity index (χ1v) is 12.0. The summed E-state index contributed by atoms with van der Waals surface area (Å²) in [5.74, 6) is -1.32. The minimum atomic E-state index is -1.14. The van der Waals surface area contributed by atoms with Crippen molar-refractivity contribution in [2.24, 2.45) is 0 Å². The number of Topliss-reactive ketones (excluding diaryl/α,β-unsaturated/α-hetero) is 1. The number of carbonyl (C=O) groups excluding carboxylic acids is 3. The summed E-state index contributed by atoms with van der Waals surface area (Å²) in [5.41, 5.74) is 2.10. The van der Waals surface area contributed by atoms with Crippen LogP contribution in [0.3, 0.4) is 0 Å². The van der Waals surface area contributed by atoms with Crippen LogP contribution in [0.1, 0.15) is 63.8 Å². The summed E-state index contributed by atoms with van der Waals surface area (Å²) >= 11 is 0. The number of hydrogen-bond acceptors (Lipinski definition) is 8. The predicted octanol–water partition coefficient (Wildman–Crippen LogP) is 3.36. The molecule has 0 bridgehead atoms. The summed E-state index contributed by atoms with van der Waals surface area (Å²) in [6.45, 7) is 4.93. The fourth-order valence-corrected chi connectivity index (χ4v) is 3.81. The number of aromatic nitrogens is 3. The highest BCUT2D eigenvalue weighted by atomic mass is 16.6. The third-order valence-electron chi connectivity index (χ3n) is 5.77. The van der Waals surface area contributed by atoms with Crippen LogP contribution in [0.25, 0.3) is 11.4 Å². The van der Waals surface area contributed by atoms with Gasteiger partial charge < -0.3 is 14.2 Å². The van der Waals surface area contributed by atoms with Gasteiger partial charge in [0.25, 0.3) is 0 Å². The van der Waals surface area contributed by atoms with Gasteiger partial charge in [0.2, 0.25) is 0 Å². The van der Waals surface area contributed by atoms with Crippen LogP contribution in [0.2, 0.25) is 0 Å². The van der Waals surface area contributed by atoms with E-state index in [-0.39, 0.29) is 18.8 Å². The van der Waals surface area contributed by atoms with Gasteiger partial charge in [-0.3, -0.25) is 9.89 Å². The van der Waals surface area contributed by atoms with Crippen molar-refractivity contribution in [2.45, 2.75) is 77.4 Å². The molecule has 0 radical (unpaired) electrons. The van der Waals surface area contributed by atoms with Crippen molar-refractivity contribution >= 4 is 17.7 Å². The van der Waals surface area contributed by atoms with E-state index < -0.39 is 24.1 Å². The van der Waals surface area contributed by atoms with Gasteiger partial charge in [-0.1, -0.05) is 44.5 Å². The highest BCUT2D eigenvalue weighted by molar-refractivity contribution is 6.30. The zero-order chi connectivity index (χ0) is 24.3. The molecule has 2 heterocycles. The predicted molar refractivity (Wildman–Crippen MR) is 124 cm³/mol. The van der Waals surface area contributed by atoms with Gasteiger partial charge in [0.05, 0.1) is 6.61 Å². The van der Waals surface area contributed by atoms with Crippen LogP contribution in [-0.4, -0.2) is 58.3 Å². The number of ketones is 1. The Hall–Kier alpha value is -3.07. The molecule has 34 heavy (non-hydrogen) atoms. The maximum Gasteiger partial charge on any atom is 0.418 e. The molecule has 1 unspecified atom stereocenters. The second-order valence-corrected chi connectivity index (χ2v) is 8.36. The highest BCUT2D eigenvalue weighted by Gasteiger charge is 2.31. The summed E-state index contributed by atoms with van der Waals surface area (Å²) in [6.07, 6.45) is 3.11. The Morgan fingerprint density at radius 1 is 1.15 bits per heavy atom. The Balaban J connectivity index is 1.55. The maximum absolute atomic E-state index is 12.8. The van der Waals surface area contributed by atoms with E-state index in [1.165, 1.54) is 0 Å².